The summed E-state index contributed by atoms with van der Waals surface area (Å²) in [6.07, 6.45) is 7.81. The maximum absolute atomic E-state index is 11.1. The molecule has 6 heteroatoms. The van der Waals surface area contributed by atoms with E-state index >= 15 is 0 Å². The standard InChI is InChI=1S/C20H23N3O2S/c24-17(25)12-26-19-22-21-18(23(19)16-4-2-1-3-5-16)20-9-13-6-14(10-20)8-15(7-13)11-20/h1-5,13-15H,6-12H2,(H,24,25). The van der Waals surface area contributed by atoms with E-state index in [1.807, 2.05) is 18.2 Å². The van der Waals surface area contributed by atoms with Gasteiger partial charge >= 0.3 is 5.97 Å². The molecule has 1 aromatic carbocycles. The van der Waals surface area contributed by atoms with Gasteiger partial charge in [0.25, 0.3) is 0 Å². The van der Waals surface area contributed by atoms with Gasteiger partial charge in [-0.25, -0.2) is 0 Å². The molecule has 4 aliphatic rings. The van der Waals surface area contributed by atoms with Crippen LogP contribution in [0.15, 0.2) is 35.5 Å². The lowest BCUT2D eigenvalue weighted by Crippen LogP contribution is -2.49. The number of carboxylic acid groups (broad SMARTS) is 1. The Morgan fingerprint density at radius 1 is 1.08 bits per heavy atom. The largest absolute Gasteiger partial charge is 0.481 e. The molecule has 136 valence electrons. The second kappa shape index (κ2) is 6.12. The summed E-state index contributed by atoms with van der Waals surface area (Å²) in [5, 5.41) is 18.9. The fourth-order valence-electron chi connectivity index (χ4n) is 6.03. The number of thioether (sulfide) groups is 1. The maximum Gasteiger partial charge on any atom is 0.313 e. The van der Waals surface area contributed by atoms with Crippen LogP contribution in [0.25, 0.3) is 5.69 Å². The fourth-order valence-corrected chi connectivity index (χ4v) is 6.70. The highest BCUT2D eigenvalue weighted by Crippen LogP contribution is 2.60. The summed E-state index contributed by atoms with van der Waals surface area (Å²) < 4.78 is 2.14. The molecule has 6 rings (SSSR count). The minimum Gasteiger partial charge on any atom is -0.481 e. The van der Waals surface area contributed by atoms with Gasteiger partial charge in [-0.3, -0.25) is 9.36 Å². The minimum atomic E-state index is -0.825. The van der Waals surface area contributed by atoms with Gasteiger partial charge in [0.05, 0.1) is 5.75 Å². The van der Waals surface area contributed by atoms with Crippen LogP contribution in [0.3, 0.4) is 0 Å². The van der Waals surface area contributed by atoms with E-state index < -0.39 is 5.97 Å². The fraction of sp³-hybridized carbons (Fsp3) is 0.550. The van der Waals surface area contributed by atoms with Crippen molar-refractivity contribution < 1.29 is 9.90 Å². The van der Waals surface area contributed by atoms with E-state index in [9.17, 15) is 4.79 Å². The molecule has 26 heavy (non-hydrogen) atoms. The van der Waals surface area contributed by atoms with Crippen molar-refractivity contribution in [3.8, 4) is 5.69 Å². The van der Waals surface area contributed by atoms with Crippen molar-refractivity contribution in [2.45, 2.75) is 49.1 Å². The second-order valence-corrected chi connectivity index (χ2v) is 9.30. The number of rotatable bonds is 5. The molecule has 4 bridgehead atoms. The molecule has 0 atom stereocenters. The lowest BCUT2D eigenvalue weighted by atomic mass is 9.49. The second-order valence-electron chi connectivity index (χ2n) is 8.36. The topological polar surface area (TPSA) is 68.0 Å². The van der Waals surface area contributed by atoms with Gasteiger partial charge in [-0.1, -0.05) is 30.0 Å². The van der Waals surface area contributed by atoms with E-state index in [1.165, 1.54) is 50.3 Å². The summed E-state index contributed by atoms with van der Waals surface area (Å²) in [5.74, 6) is 2.74. The Balaban J connectivity index is 1.60. The zero-order chi connectivity index (χ0) is 17.7. The number of carbonyl (C=O) groups is 1. The highest BCUT2D eigenvalue weighted by atomic mass is 32.2. The third-order valence-corrected chi connectivity index (χ3v) is 7.40. The molecule has 1 N–H and O–H groups in total. The van der Waals surface area contributed by atoms with Crippen LogP contribution in [0.2, 0.25) is 0 Å². The summed E-state index contributed by atoms with van der Waals surface area (Å²) in [6, 6.07) is 10.2. The third-order valence-electron chi connectivity index (χ3n) is 6.49. The molecule has 4 aliphatic carbocycles. The van der Waals surface area contributed by atoms with Gasteiger partial charge in [-0.2, -0.15) is 0 Å². The molecule has 5 nitrogen and oxygen atoms in total. The maximum atomic E-state index is 11.1. The van der Waals surface area contributed by atoms with Crippen molar-refractivity contribution in [3.05, 3.63) is 36.2 Å². The van der Waals surface area contributed by atoms with Crippen LogP contribution in [-0.2, 0) is 10.2 Å². The Morgan fingerprint density at radius 2 is 1.69 bits per heavy atom. The lowest BCUT2D eigenvalue weighted by Gasteiger charge is -2.56. The van der Waals surface area contributed by atoms with Crippen LogP contribution in [0, 0.1) is 17.8 Å². The first-order valence-corrected chi connectivity index (χ1v) is 10.5. The van der Waals surface area contributed by atoms with Gasteiger partial charge in [-0.05, 0) is 68.4 Å². The first-order chi connectivity index (χ1) is 12.6. The van der Waals surface area contributed by atoms with E-state index in [2.05, 4.69) is 26.9 Å². The van der Waals surface area contributed by atoms with Gasteiger partial charge in [0.15, 0.2) is 5.16 Å². The van der Waals surface area contributed by atoms with Crippen LogP contribution in [-0.4, -0.2) is 31.6 Å². The number of carboxylic acids is 1. The van der Waals surface area contributed by atoms with Crippen LogP contribution in [0.4, 0.5) is 0 Å². The van der Waals surface area contributed by atoms with Crippen molar-refractivity contribution >= 4 is 17.7 Å². The summed E-state index contributed by atoms with van der Waals surface area (Å²) in [5.41, 5.74) is 1.16. The smallest absolute Gasteiger partial charge is 0.313 e. The number of hydrogen-bond donors (Lipinski definition) is 1. The Hall–Kier alpha value is -1.82. The van der Waals surface area contributed by atoms with E-state index in [1.54, 1.807) is 0 Å². The number of hydrogen-bond acceptors (Lipinski definition) is 4. The van der Waals surface area contributed by atoms with Crippen LogP contribution in [0.5, 0.6) is 0 Å². The molecule has 0 saturated heterocycles. The average Bonchev–Trinajstić information content (AvgIpc) is 3.04. The predicted octanol–water partition coefficient (Wildman–Crippen LogP) is 3.91. The monoisotopic (exact) mass is 369 g/mol. The van der Waals surface area contributed by atoms with Crippen LogP contribution >= 0.6 is 11.8 Å². The van der Waals surface area contributed by atoms with E-state index in [4.69, 9.17) is 5.11 Å². The van der Waals surface area contributed by atoms with E-state index in [-0.39, 0.29) is 11.2 Å². The summed E-state index contributed by atoms with van der Waals surface area (Å²) in [4.78, 5) is 11.1. The molecular formula is C20H23N3O2S. The zero-order valence-corrected chi connectivity index (χ0v) is 15.5. The predicted molar refractivity (Wildman–Crippen MR) is 99.6 cm³/mol. The van der Waals surface area contributed by atoms with Crippen molar-refractivity contribution in [2.24, 2.45) is 17.8 Å². The highest BCUT2D eigenvalue weighted by molar-refractivity contribution is 7.99. The van der Waals surface area contributed by atoms with E-state index in [0.717, 1.165) is 29.3 Å². The highest BCUT2D eigenvalue weighted by Gasteiger charge is 2.54. The number of nitrogens with zero attached hydrogens (tertiary/aromatic N) is 3. The van der Waals surface area contributed by atoms with E-state index in [0.29, 0.717) is 5.16 Å². The molecule has 0 radical (unpaired) electrons. The summed E-state index contributed by atoms with van der Waals surface area (Å²) in [7, 11) is 0. The molecule has 0 spiro atoms. The number of benzene rings is 1. The molecule has 1 aromatic heterocycles. The lowest BCUT2D eigenvalue weighted by molar-refractivity contribution is -0.133. The number of para-hydroxylation sites is 1. The number of aliphatic carboxylic acids is 1. The van der Waals surface area contributed by atoms with Crippen LogP contribution < -0.4 is 0 Å². The SMILES string of the molecule is O=C(O)CSc1nnc(C23CC4CC(CC(C4)C2)C3)n1-c1ccccc1. The Bertz CT molecular complexity index is 798. The molecule has 4 saturated carbocycles. The molecule has 2 aromatic rings. The molecule has 0 amide bonds. The summed E-state index contributed by atoms with van der Waals surface area (Å²) >= 11 is 1.26. The van der Waals surface area contributed by atoms with Gasteiger partial charge in [0.2, 0.25) is 0 Å². The van der Waals surface area contributed by atoms with Crippen molar-refractivity contribution in [1.82, 2.24) is 14.8 Å². The van der Waals surface area contributed by atoms with Crippen LogP contribution in [0.1, 0.15) is 44.3 Å². The Labute approximate surface area is 157 Å². The summed E-state index contributed by atoms with van der Waals surface area (Å²) in [6.45, 7) is 0. The van der Waals surface area contributed by atoms with Gasteiger partial charge in [0, 0.05) is 11.1 Å². The third kappa shape index (κ3) is 2.66. The molecule has 0 aliphatic heterocycles. The normalized spacial score (nSPS) is 32.1. The number of aromatic nitrogens is 3. The van der Waals surface area contributed by atoms with Crippen molar-refractivity contribution in [3.63, 3.8) is 0 Å². The molecule has 1 heterocycles. The molecule has 0 unspecified atom stereocenters. The van der Waals surface area contributed by atoms with Gasteiger partial charge < -0.3 is 5.11 Å². The van der Waals surface area contributed by atoms with Gasteiger partial charge in [-0.15, -0.1) is 10.2 Å². The Morgan fingerprint density at radius 3 is 2.27 bits per heavy atom. The minimum absolute atomic E-state index is 0.00580. The Kier molecular flexibility index (Phi) is 3.85. The zero-order valence-electron chi connectivity index (χ0n) is 14.7. The van der Waals surface area contributed by atoms with Crippen molar-refractivity contribution in [1.29, 1.82) is 0 Å². The molecule has 4 fully saturated rings. The quantitative estimate of drug-likeness (QED) is 0.809. The average molecular weight is 369 g/mol. The first kappa shape index (κ1) is 16.4. The first-order valence-electron chi connectivity index (χ1n) is 9.49. The van der Waals surface area contributed by atoms with Gasteiger partial charge in [0.1, 0.15) is 5.82 Å². The van der Waals surface area contributed by atoms with Crippen molar-refractivity contribution in [2.75, 3.05) is 5.75 Å². The molecular weight excluding hydrogens is 346 g/mol.